The lowest BCUT2D eigenvalue weighted by Gasteiger charge is -2.03. The highest BCUT2D eigenvalue weighted by molar-refractivity contribution is 9.10. The van der Waals surface area contributed by atoms with Gasteiger partial charge in [-0.2, -0.15) is 0 Å². The zero-order valence-electron chi connectivity index (χ0n) is 6.72. The average Bonchev–Trinajstić information content (AvgIpc) is 2.03. The summed E-state index contributed by atoms with van der Waals surface area (Å²) in [5.41, 5.74) is 0.385. The number of rotatable bonds is 2. The van der Waals surface area contributed by atoms with Crippen LogP contribution in [0.5, 0.6) is 0 Å². The summed E-state index contributed by atoms with van der Waals surface area (Å²) < 4.78 is 0. The highest BCUT2D eigenvalue weighted by Crippen LogP contribution is 2.19. The van der Waals surface area contributed by atoms with Crippen molar-refractivity contribution in [3.63, 3.8) is 0 Å². The van der Waals surface area contributed by atoms with Crippen molar-refractivity contribution in [3.8, 4) is 0 Å². The molecular formula is C8H6BrCl2NO. The second-order valence-electron chi connectivity index (χ2n) is 2.45. The zero-order chi connectivity index (χ0) is 10.0. The third-order valence-electron chi connectivity index (χ3n) is 1.44. The SMILES string of the molecule is CC(Br)C(=O)c1ccc(Cl)nc1Cl. The monoisotopic (exact) mass is 281 g/mol. The second kappa shape index (κ2) is 4.40. The fraction of sp³-hybridized carbons (Fsp3) is 0.250. The van der Waals surface area contributed by atoms with Crippen LogP contribution in [-0.4, -0.2) is 15.6 Å². The van der Waals surface area contributed by atoms with E-state index in [9.17, 15) is 4.79 Å². The summed E-state index contributed by atoms with van der Waals surface area (Å²) in [4.78, 5) is 15.0. The normalized spacial score (nSPS) is 12.6. The Morgan fingerprint density at radius 1 is 1.54 bits per heavy atom. The molecule has 0 radical (unpaired) electrons. The maximum absolute atomic E-state index is 11.5. The molecule has 0 bridgehead atoms. The van der Waals surface area contributed by atoms with Crippen LogP contribution in [0.15, 0.2) is 12.1 Å². The van der Waals surface area contributed by atoms with Crippen molar-refractivity contribution >= 4 is 44.9 Å². The van der Waals surface area contributed by atoms with E-state index in [0.717, 1.165) is 0 Å². The summed E-state index contributed by atoms with van der Waals surface area (Å²) >= 11 is 14.5. The molecule has 0 aliphatic rings. The van der Waals surface area contributed by atoms with Crippen LogP contribution in [0.4, 0.5) is 0 Å². The van der Waals surface area contributed by atoms with Gasteiger partial charge in [0.2, 0.25) is 0 Å². The van der Waals surface area contributed by atoms with Crippen LogP contribution in [0, 0.1) is 0 Å². The number of aromatic nitrogens is 1. The molecule has 13 heavy (non-hydrogen) atoms. The summed E-state index contributed by atoms with van der Waals surface area (Å²) in [5.74, 6) is -0.103. The first kappa shape index (κ1) is 11.0. The molecule has 70 valence electrons. The lowest BCUT2D eigenvalue weighted by Crippen LogP contribution is -2.11. The molecule has 1 unspecified atom stereocenters. The van der Waals surface area contributed by atoms with Crippen LogP contribution in [-0.2, 0) is 0 Å². The number of hydrogen-bond acceptors (Lipinski definition) is 2. The first-order valence-electron chi connectivity index (χ1n) is 3.52. The highest BCUT2D eigenvalue weighted by Gasteiger charge is 2.15. The van der Waals surface area contributed by atoms with Crippen LogP contribution < -0.4 is 0 Å². The molecule has 0 aliphatic carbocycles. The number of ketones is 1. The second-order valence-corrected chi connectivity index (χ2v) is 4.57. The summed E-state index contributed by atoms with van der Waals surface area (Å²) in [6.07, 6.45) is 0. The number of pyridine rings is 1. The third kappa shape index (κ3) is 2.66. The number of halogens is 3. The van der Waals surface area contributed by atoms with E-state index < -0.39 is 0 Å². The van der Waals surface area contributed by atoms with Gasteiger partial charge in [0.1, 0.15) is 10.3 Å². The predicted molar refractivity (Wildman–Crippen MR) is 57.0 cm³/mol. The summed E-state index contributed by atoms with van der Waals surface area (Å²) in [5, 5.41) is 0.424. The van der Waals surface area contributed by atoms with Crippen molar-refractivity contribution in [2.75, 3.05) is 0 Å². The maximum Gasteiger partial charge on any atom is 0.179 e. The molecule has 0 spiro atoms. The topological polar surface area (TPSA) is 30.0 Å². The van der Waals surface area contributed by atoms with Gasteiger partial charge in [0.25, 0.3) is 0 Å². The molecule has 0 saturated heterocycles. The van der Waals surface area contributed by atoms with E-state index >= 15 is 0 Å². The number of Topliss-reactive ketones (excluding diaryl/α,β-unsaturated/α-hetero) is 1. The minimum absolute atomic E-state index is 0.103. The van der Waals surface area contributed by atoms with Crippen molar-refractivity contribution in [3.05, 3.63) is 28.0 Å². The Labute approximate surface area is 94.4 Å². The van der Waals surface area contributed by atoms with Crippen LogP contribution in [0.3, 0.4) is 0 Å². The molecule has 0 fully saturated rings. The third-order valence-corrected chi connectivity index (χ3v) is 2.36. The molecular weight excluding hydrogens is 277 g/mol. The van der Waals surface area contributed by atoms with E-state index in [0.29, 0.717) is 5.56 Å². The Kier molecular flexibility index (Phi) is 3.71. The fourth-order valence-electron chi connectivity index (χ4n) is 0.810. The van der Waals surface area contributed by atoms with E-state index in [-0.39, 0.29) is 20.9 Å². The average molecular weight is 283 g/mol. The lowest BCUT2D eigenvalue weighted by atomic mass is 10.1. The standard InChI is InChI=1S/C8H6BrCl2NO/c1-4(9)7(13)5-2-3-6(10)12-8(5)11/h2-4H,1H3. The van der Waals surface area contributed by atoms with Crippen LogP contribution >= 0.6 is 39.1 Å². The number of nitrogens with zero attached hydrogens (tertiary/aromatic N) is 1. The quantitative estimate of drug-likeness (QED) is 0.473. The molecule has 0 amide bonds. The number of carbonyl (C=O) groups is 1. The van der Waals surface area contributed by atoms with Gasteiger partial charge in [-0.1, -0.05) is 39.1 Å². The lowest BCUT2D eigenvalue weighted by molar-refractivity contribution is 0.0995. The van der Waals surface area contributed by atoms with Crippen molar-refractivity contribution in [2.24, 2.45) is 0 Å². The largest absolute Gasteiger partial charge is 0.293 e. The smallest absolute Gasteiger partial charge is 0.179 e. The zero-order valence-corrected chi connectivity index (χ0v) is 9.82. The predicted octanol–water partition coefficient (Wildman–Crippen LogP) is 3.35. The Morgan fingerprint density at radius 2 is 2.15 bits per heavy atom. The van der Waals surface area contributed by atoms with Crippen molar-refractivity contribution in [1.29, 1.82) is 0 Å². The van der Waals surface area contributed by atoms with Gasteiger partial charge in [0.15, 0.2) is 5.78 Å². The van der Waals surface area contributed by atoms with E-state index in [1.165, 1.54) is 6.07 Å². The van der Waals surface area contributed by atoms with Crippen molar-refractivity contribution in [2.45, 2.75) is 11.8 Å². The van der Waals surface area contributed by atoms with Crippen LogP contribution in [0.1, 0.15) is 17.3 Å². The van der Waals surface area contributed by atoms with Crippen molar-refractivity contribution in [1.82, 2.24) is 4.98 Å². The molecule has 1 aromatic rings. The van der Waals surface area contributed by atoms with Gasteiger partial charge in [-0.05, 0) is 19.1 Å². The van der Waals surface area contributed by atoms with Gasteiger partial charge in [-0.25, -0.2) is 4.98 Å². The first-order chi connectivity index (χ1) is 6.02. The van der Waals surface area contributed by atoms with Gasteiger partial charge >= 0.3 is 0 Å². The Balaban J connectivity index is 3.09. The minimum atomic E-state index is -0.270. The molecule has 5 heteroatoms. The molecule has 0 saturated carbocycles. The van der Waals surface area contributed by atoms with E-state index in [1.807, 2.05) is 0 Å². The molecule has 2 nitrogen and oxygen atoms in total. The number of carbonyl (C=O) groups excluding carboxylic acids is 1. The van der Waals surface area contributed by atoms with Gasteiger partial charge in [-0.15, -0.1) is 0 Å². The molecule has 1 rings (SSSR count). The van der Waals surface area contributed by atoms with Crippen LogP contribution in [0.25, 0.3) is 0 Å². The molecule has 1 aromatic heterocycles. The van der Waals surface area contributed by atoms with E-state index in [4.69, 9.17) is 23.2 Å². The number of alkyl halides is 1. The maximum atomic E-state index is 11.5. The van der Waals surface area contributed by atoms with Gasteiger partial charge in [0.05, 0.1) is 10.4 Å². The number of hydrogen-bond donors (Lipinski definition) is 0. The molecule has 1 atom stereocenters. The fourth-order valence-corrected chi connectivity index (χ4v) is 1.49. The Bertz CT molecular complexity index is 341. The summed E-state index contributed by atoms with van der Waals surface area (Å²) in [7, 11) is 0. The molecule has 1 heterocycles. The van der Waals surface area contributed by atoms with Crippen molar-refractivity contribution < 1.29 is 4.79 Å². The Hall–Kier alpha value is -0.120. The summed E-state index contributed by atoms with van der Waals surface area (Å²) in [6, 6.07) is 3.10. The molecule has 0 aliphatic heterocycles. The molecule has 0 aromatic carbocycles. The minimum Gasteiger partial charge on any atom is -0.293 e. The van der Waals surface area contributed by atoms with Gasteiger partial charge in [-0.3, -0.25) is 4.79 Å². The summed E-state index contributed by atoms with van der Waals surface area (Å²) in [6.45, 7) is 1.73. The van der Waals surface area contributed by atoms with Crippen LogP contribution in [0.2, 0.25) is 10.3 Å². The highest BCUT2D eigenvalue weighted by atomic mass is 79.9. The Morgan fingerprint density at radius 3 is 2.62 bits per heavy atom. The van der Waals surface area contributed by atoms with E-state index in [2.05, 4.69) is 20.9 Å². The molecule has 0 N–H and O–H groups in total. The van der Waals surface area contributed by atoms with Gasteiger partial charge in [0, 0.05) is 0 Å². The van der Waals surface area contributed by atoms with Gasteiger partial charge < -0.3 is 0 Å². The van der Waals surface area contributed by atoms with E-state index in [1.54, 1.807) is 13.0 Å². The first-order valence-corrected chi connectivity index (χ1v) is 5.20.